The molecule has 27 heavy (non-hydrogen) atoms. The van der Waals surface area contributed by atoms with Gasteiger partial charge in [-0.25, -0.2) is 14.4 Å². The predicted octanol–water partition coefficient (Wildman–Crippen LogP) is 4.06. The van der Waals surface area contributed by atoms with E-state index in [9.17, 15) is 9.18 Å². The smallest absolute Gasteiger partial charge is 0.225 e. The van der Waals surface area contributed by atoms with Crippen LogP contribution in [0.4, 0.5) is 4.39 Å². The van der Waals surface area contributed by atoms with E-state index in [1.807, 2.05) is 43.1 Å². The number of fused-ring (bicyclic) bond motifs is 1. The number of amides is 1. The van der Waals surface area contributed by atoms with Gasteiger partial charge in [-0.2, -0.15) is 0 Å². The summed E-state index contributed by atoms with van der Waals surface area (Å²) in [6, 6.07) is 8.84. The fraction of sp³-hybridized carbons (Fsp3) is 0.381. The summed E-state index contributed by atoms with van der Waals surface area (Å²) in [6.45, 7) is 5.34. The summed E-state index contributed by atoms with van der Waals surface area (Å²) in [5, 5.41) is 0.767. The average Bonchev–Trinajstić information content (AvgIpc) is 3.17. The second kappa shape index (κ2) is 7.10. The summed E-state index contributed by atoms with van der Waals surface area (Å²) >= 11 is 0. The van der Waals surface area contributed by atoms with Crippen molar-refractivity contribution >= 4 is 16.8 Å². The van der Waals surface area contributed by atoms with Crippen molar-refractivity contribution in [2.75, 3.05) is 13.1 Å². The van der Waals surface area contributed by atoms with Gasteiger partial charge in [0.15, 0.2) is 5.82 Å². The topological polar surface area (TPSA) is 51.0 Å². The second-order valence-electron chi connectivity index (χ2n) is 7.40. The molecular formula is C21H23FN4O. The van der Waals surface area contributed by atoms with Gasteiger partial charge >= 0.3 is 0 Å². The fourth-order valence-corrected chi connectivity index (χ4v) is 3.79. The molecule has 140 valence electrons. The molecule has 1 aromatic carbocycles. The Bertz CT molecular complexity index is 981. The van der Waals surface area contributed by atoms with Crippen LogP contribution in [-0.2, 0) is 4.79 Å². The van der Waals surface area contributed by atoms with Gasteiger partial charge in [-0.05, 0) is 25.0 Å². The van der Waals surface area contributed by atoms with Crippen LogP contribution in [0.15, 0.2) is 42.7 Å². The maximum absolute atomic E-state index is 14.1. The molecule has 0 radical (unpaired) electrons. The number of halogens is 1. The van der Waals surface area contributed by atoms with Gasteiger partial charge in [-0.15, -0.1) is 0 Å². The van der Waals surface area contributed by atoms with Gasteiger partial charge in [-0.3, -0.25) is 4.79 Å². The molecule has 4 rings (SSSR count). The first-order valence-electron chi connectivity index (χ1n) is 9.42. The van der Waals surface area contributed by atoms with Crippen molar-refractivity contribution in [2.24, 2.45) is 5.92 Å². The third-order valence-electron chi connectivity index (χ3n) is 5.16. The first kappa shape index (κ1) is 17.6. The molecule has 5 nitrogen and oxygen atoms in total. The van der Waals surface area contributed by atoms with Crippen molar-refractivity contribution < 1.29 is 9.18 Å². The summed E-state index contributed by atoms with van der Waals surface area (Å²) in [6.07, 6.45) is 5.61. The van der Waals surface area contributed by atoms with Crippen molar-refractivity contribution in [3.05, 3.63) is 48.5 Å². The van der Waals surface area contributed by atoms with Crippen molar-refractivity contribution in [2.45, 2.75) is 32.7 Å². The van der Waals surface area contributed by atoms with Crippen molar-refractivity contribution in [1.82, 2.24) is 19.4 Å². The number of para-hydroxylation sites is 1. The fourth-order valence-electron chi connectivity index (χ4n) is 3.79. The summed E-state index contributed by atoms with van der Waals surface area (Å²) in [7, 11) is 0. The molecule has 2 aromatic heterocycles. The van der Waals surface area contributed by atoms with Gasteiger partial charge in [0, 0.05) is 36.8 Å². The average molecular weight is 366 g/mol. The number of aromatic nitrogens is 3. The highest BCUT2D eigenvalue weighted by Gasteiger charge is 2.27. The van der Waals surface area contributed by atoms with E-state index in [1.165, 1.54) is 6.07 Å². The second-order valence-corrected chi connectivity index (χ2v) is 7.40. The van der Waals surface area contributed by atoms with Crippen LogP contribution in [0.5, 0.6) is 0 Å². The lowest BCUT2D eigenvalue weighted by Gasteiger charge is -2.35. The minimum atomic E-state index is -0.334. The van der Waals surface area contributed by atoms with E-state index >= 15 is 0 Å². The number of benzene rings is 1. The maximum Gasteiger partial charge on any atom is 0.225 e. The number of imidazole rings is 1. The zero-order chi connectivity index (χ0) is 19.0. The Morgan fingerprint density at radius 1 is 1.26 bits per heavy atom. The minimum Gasteiger partial charge on any atom is -0.340 e. The summed E-state index contributed by atoms with van der Waals surface area (Å²) in [4.78, 5) is 23.3. The van der Waals surface area contributed by atoms with Crippen LogP contribution in [0, 0.1) is 11.7 Å². The van der Waals surface area contributed by atoms with E-state index < -0.39 is 0 Å². The molecule has 1 atom stereocenters. The zero-order valence-corrected chi connectivity index (χ0v) is 15.6. The summed E-state index contributed by atoms with van der Waals surface area (Å²) in [5.41, 5.74) is 0.995. The van der Waals surface area contributed by atoms with E-state index in [0.717, 1.165) is 24.8 Å². The number of nitrogens with zero attached hydrogens (tertiary/aromatic N) is 4. The molecule has 1 saturated heterocycles. The molecular weight excluding hydrogens is 343 g/mol. The van der Waals surface area contributed by atoms with Gasteiger partial charge in [0.25, 0.3) is 0 Å². The lowest BCUT2D eigenvalue weighted by molar-refractivity contribution is -0.136. The van der Waals surface area contributed by atoms with E-state index in [2.05, 4.69) is 14.5 Å². The van der Waals surface area contributed by atoms with Gasteiger partial charge in [0.05, 0.1) is 6.04 Å². The van der Waals surface area contributed by atoms with Crippen LogP contribution in [0.1, 0.15) is 32.7 Å². The van der Waals surface area contributed by atoms with Gasteiger partial charge in [0.1, 0.15) is 17.0 Å². The first-order chi connectivity index (χ1) is 13.0. The van der Waals surface area contributed by atoms with Crippen molar-refractivity contribution in [3.8, 4) is 11.5 Å². The van der Waals surface area contributed by atoms with Gasteiger partial charge < -0.3 is 9.47 Å². The third-order valence-corrected chi connectivity index (χ3v) is 5.16. The molecule has 0 N–H and O–H groups in total. The van der Waals surface area contributed by atoms with Gasteiger partial charge in [0.2, 0.25) is 5.91 Å². The molecule has 3 aromatic rings. The number of hydrogen-bond acceptors (Lipinski definition) is 3. The van der Waals surface area contributed by atoms with E-state index in [0.29, 0.717) is 23.6 Å². The number of carbonyl (C=O) groups is 1. The van der Waals surface area contributed by atoms with E-state index in [4.69, 9.17) is 0 Å². The normalized spacial score (nSPS) is 17.6. The molecule has 1 amide bonds. The lowest BCUT2D eigenvalue weighted by atomic mass is 10.0. The minimum absolute atomic E-state index is 0.00358. The Labute approximate surface area is 157 Å². The van der Waals surface area contributed by atoms with E-state index in [1.54, 1.807) is 12.3 Å². The van der Waals surface area contributed by atoms with Gasteiger partial charge in [-0.1, -0.05) is 32.0 Å². The maximum atomic E-state index is 14.1. The molecule has 1 aliphatic heterocycles. The Hall–Kier alpha value is -2.76. The molecule has 0 saturated carbocycles. The predicted molar refractivity (Wildman–Crippen MR) is 103 cm³/mol. The Morgan fingerprint density at radius 3 is 2.93 bits per heavy atom. The van der Waals surface area contributed by atoms with Crippen molar-refractivity contribution in [3.63, 3.8) is 0 Å². The monoisotopic (exact) mass is 366 g/mol. The molecule has 6 heteroatoms. The highest BCUT2D eigenvalue weighted by Crippen LogP contribution is 2.28. The number of likely N-dealkylation sites (tertiary alicyclic amines) is 1. The highest BCUT2D eigenvalue weighted by molar-refractivity contribution is 5.81. The number of carbonyl (C=O) groups excluding carboxylic acids is 1. The van der Waals surface area contributed by atoms with E-state index in [-0.39, 0.29) is 23.7 Å². The quantitative estimate of drug-likeness (QED) is 0.702. The van der Waals surface area contributed by atoms with Crippen molar-refractivity contribution in [1.29, 1.82) is 0 Å². The standard InChI is InChI=1S/C21H23FN4O/c1-14(2)21(27)25-11-4-6-16(13-25)26-12-10-23-20(26)18-9-8-15-5-3-7-17(22)19(15)24-18/h3,5,7-10,12,14,16H,4,6,11,13H2,1-2H3/t16-/m1/s1. The SMILES string of the molecule is CC(C)C(=O)N1CCC[C@@H](n2ccnc2-c2ccc3cccc(F)c3n2)C1. The number of piperidine rings is 1. The zero-order valence-electron chi connectivity index (χ0n) is 15.6. The Kier molecular flexibility index (Phi) is 4.64. The molecule has 0 unspecified atom stereocenters. The highest BCUT2D eigenvalue weighted by atomic mass is 19.1. The lowest BCUT2D eigenvalue weighted by Crippen LogP contribution is -2.42. The molecule has 3 heterocycles. The largest absolute Gasteiger partial charge is 0.340 e. The number of pyridine rings is 1. The first-order valence-corrected chi connectivity index (χ1v) is 9.42. The van der Waals surface area contributed by atoms with Crippen LogP contribution in [0.2, 0.25) is 0 Å². The third kappa shape index (κ3) is 3.31. The van der Waals surface area contributed by atoms with Crippen LogP contribution in [0.25, 0.3) is 22.4 Å². The Morgan fingerprint density at radius 2 is 2.11 bits per heavy atom. The van der Waals surface area contributed by atoms with Crippen LogP contribution in [-0.4, -0.2) is 38.4 Å². The summed E-state index contributed by atoms with van der Waals surface area (Å²) in [5.74, 6) is 0.561. The molecule has 0 bridgehead atoms. The molecule has 0 aliphatic carbocycles. The van der Waals surface area contributed by atoms with Crippen LogP contribution in [0.3, 0.4) is 0 Å². The van der Waals surface area contributed by atoms with Crippen LogP contribution < -0.4 is 0 Å². The molecule has 0 spiro atoms. The Balaban J connectivity index is 1.67. The summed E-state index contributed by atoms with van der Waals surface area (Å²) < 4.78 is 16.2. The van der Waals surface area contributed by atoms with Crippen LogP contribution >= 0.6 is 0 Å². The molecule has 1 fully saturated rings. The number of hydrogen-bond donors (Lipinski definition) is 0. The number of rotatable bonds is 3. The molecule has 1 aliphatic rings.